The van der Waals surface area contributed by atoms with E-state index in [1.54, 1.807) is 7.05 Å². The zero-order chi connectivity index (χ0) is 22.7. The van der Waals surface area contributed by atoms with Crippen LogP contribution in [-0.2, 0) is 0 Å². The Bertz CT molecular complexity index is 1180. The highest BCUT2D eigenvalue weighted by molar-refractivity contribution is 6.92. The third-order valence-electron chi connectivity index (χ3n) is 5.88. The van der Waals surface area contributed by atoms with Gasteiger partial charge < -0.3 is 21.0 Å². The fourth-order valence-corrected chi connectivity index (χ4v) is 8.67. The van der Waals surface area contributed by atoms with Crippen LogP contribution in [0.4, 0.5) is 9.59 Å². The number of hydrogen-bond acceptors (Lipinski definition) is 2. The molecular formula is C25H26N4O2Si. The van der Waals surface area contributed by atoms with Crippen LogP contribution < -0.4 is 26.2 Å². The number of hydrogen-bond donors (Lipinski definition) is 4. The van der Waals surface area contributed by atoms with E-state index in [9.17, 15) is 9.59 Å². The van der Waals surface area contributed by atoms with Crippen LogP contribution in [0.5, 0.6) is 0 Å². The second kappa shape index (κ2) is 8.72. The Morgan fingerprint density at radius 2 is 1.53 bits per heavy atom. The summed E-state index contributed by atoms with van der Waals surface area (Å²) in [5.74, 6) is 0. The lowest BCUT2D eigenvalue weighted by atomic mass is 9.97. The number of urea groups is 2. The number of nitrogens with one attached hydrogen (secondary N) is 3. The van der Waals surface area contributed by atoms with E-state index in [2.05, 4.69) is 45.6 Å². The Kier molecular flexibility index (Phi) is 5.83. The molecule has 7 heteroatoms. The highest BCUT2D eigenvalue weighted by atomic mass is 28.3. The van der Waals surface area contributed by atoms with Gasteiger partial charge in [0, 0.05) is 12.6 Å². The molecule has 0 spiro atoms. The van der Waals surface area contributed by atoms with Gasteiger partial charge in [-0.3, -0.25) is 0 Å². The van der Waals surface area contributed by atoms with Crippen molar-refractivity contribution in [3.8, 4) is 11.1 Å². The van der Waals surface area contributed by atoms with Crippen LogP contribution >= 0.6 is 0 Å². The van der Waals surface area contributed by atoms with Crippen LogP contribution in [-0.4, -0.2) is 27.5 Å². The van der Waals surface area contributed by atoms with Crippen molar-refractivity contribution in [3.05, 3.63) is 95.6 Å². The predicted molar refractivity (Wildman–Crippen MR) is 130 cm³/mol. The molecule has 32 heavy (non-hydrogen) atoms. The largest absolute Gasteiger partial charge is 0.352 e. The summed E-state index contributed by atoms with van der Waals surface area (Å²) in [4.78, 5) is 31.1. The van der Waals surface area contributed by atoms with Gasteiger partial charge in [-0.05, 0) is 34.4 Å². The van der Waals surface area contributed by atoms with Crippen molar-refractivity contribution in [2.75, 3.05) is 7.05 Å². The monoisotopic (exact) mass is 442 g/mol. The number of benzene rings is 3. The highest BCUT2D eigenvalue weighted by Gasteiger charge is 2.51. The van der Waals surface area contributed by atoms with Gasteiger partial charge in [0.05, 0.1) is 0 Å². The van der Waals surface area contributed by atoms with Gasteiger partial charge in [-0.15, -0.1) is 0 Å². The average Bonchev–Trinajstić information content (AvgIpc) is 3.15. The maximum absolute atomic E-state index is 12.6. The SMILES string of the molecule is CNC(=O)N[Si](NC(N)=O)(c1ccccc1)C1C(C)=Cc2c(-c3ccccc3)cccc21. The molecule has 2 unspecified atom stereocenters. The van der Waals surface area contributed by atoms with Gasteiger partial charge >= 0.3 is 20.5 Å². The average molecular weight is 443 g/mol. The molecule has 0 saturated heterocycles. The molecule has 5 N–H and O–H groups in total. The zero-order valence-electron chi connectivity index (χ0n) is 18.1. The van der Waals surface area contributed by atoms with Gasteiger partial charge in [0.1, 0.15) is 0 Å². The van der Waals surface area contributed by atoms with Crippen molar-refractivity contribution in [3.63, 3.8) is 0 Å². The molecule has 3 aromatic carbocycles. The molecule has 1 aliphatic rings. The summed E-state index contributed by atoms with van der Waals surface area (Å²) in [7, 11) is -1.72. The van der Waals surface area contributed by atoms with Gasteiger partial charge in [-0.25, -0.2) is 9.59 Å². The third kappa shape index (κ3) is 3.78. The first-order valence-corrected chi connectivity index (χ1v) is 12.5. The van der Waals surface area contributed by atoms with Crippen LogP contribution in [0.15, 0.2) is 84.4 Å². The number of allylic oxidation sites excluding steroid dienone is 1. The fraction of sp³-hybridized carbons (Fsp3) is 0.120. The highest BCUT2D eigenvalue weighted by Crippen LogP contribution is 2.44. The minimum Gasteiger partial charge on any atom is -0.352 e. The molecule has 0 aromatic heterocycles. The number of rotatable bonds is 5. The zero-order valence-corrected chi connectivity index (χ0v) is 19.1. The van der Waals surface area contributed by atoms with E-state index in [0.29, 0.717) is 0 Å². The van der Waals surface area contributed by atoms with E-state index >= 15 is 0 Å². The molecule has 3 aromatic rings. The molecule has 2 atom stereocenters. The number of carbonyl (C=O) groups excluding carboxylic acids is 2. The summed E-state index contributed by atoms with van der Waals surface area (Å²) < 4.78 is 0. The smallest absolute Gasteiger partial charge is 0.311 e. The van der Waals surface area contributed by atoms with Crippen molar-refractivity contribution in [2.24, 2.45) is 5.73 Å². The molecule has 0 heterocycles. The molecule has 0 fully saturated rings. The van der Waals surface area contributed by atoms with Crippen molar-refractivity contribution >= 4 is 31.7 Å². The second-order valence-corrected chi connectivity index (χ2v) is 11.1. The molecule has 0 bridgehead atoms. The summed E-state index contributed by atoms with van der Waals surface area (Å²) in [6.07, 6.45) is 2.15. The number of carbonyl (C=O) groups is 2. The number of amides is 4. The van der Waals surface area contributed by atoms with Crippen molar-refractivity contribution < 1.29 is 9.59 Å². The van der Waals surface area contributed by atoms with Gasteiger partial charge in [0.2, 0.25) is 0 Å². The minimum atomic E-state index is -3.28. The molecule has 4 rings (SSSR count). The topological polar surface area (TPSA) is 96.2 Å². The van der Waals surface area contributed by atoms with E-state index in [1.807, 2.05) is 61.5 Å². The Labute approximate surface area is 188 Å². The second-order valence-electron chi connectivity index (χ2n) is 7.86. The number of nitrogens with two attached hydrogens (primary N) is 1. The molecule has 1 aliphatic carbocycles. The molecule has 0 saturated carbocycles. The Morgan fingerprint density at radius 3 is 2.16 bits per heavy atom. The Balaban J connectivity index is 1.95. The number of primary amides is 1. The first-order chi connectivity index (χ1) is 15.5. The maximum Gasteiger partial charge on any atom is 0.311 e. The quantitative estimate of drug-likeness (QED) is 0.456. The van der Waals surface area contributed by atoms with Gasteiger partial charge in [-0.1, -0.05) is 90.5 Å². The van der Waals surface area contributed by atoms with Crippen molar-refractivity contribution in [1.29, 1.82) is 0 Å². The standard InChI is InChI=1S/C25H26N4O2Si/c1-17-16-22-20(18-10-5-3-6-11-18)14-9-15-21(22)23(17)32(28-24(26)30,29-25(31)27-2)19-12-7-4-8-13-19/h3-16,23H,1-2H3,(H3,26,28,30)(H2,27,29,31). The number of fused-ring (bicyclic) bond motifs is 1. The molecule has 0 aliphatic heterocycles. The fourth-order valence-electron chi connectivity index (χ4n) is 4.62. The van der Waals surface area contributed by atoms with Crippen LogP contribution in [0.25, 0.3) is 17.2 Å². The van der Waals surface area contributed by atoms with Crippen LogP contribution in [0, 0.1) is 0 Å². The van der Waals surface area contributed by atoms with Crippen molar-refractivity contribution in [1.82, 2.24) is 15.3 Å². The van der Waals surface area contributed by atoms with Crippen molar-refractivity contribution in [2.45, 2.75) is 12.5 Å². The van der Waals surface area contributed by atoms with E-state index in [-0.39, 0.29) is 11.6 Å². The lowest BCUT2D eigenvalue weighted by Crippen LogP contribution is -2.77. The Morgan fingerprint density at radius 1 is 0.875 bits per heavy atom. The summed E-state index contributed by atoms with van der Waals surface area (Å²) in [5, 5.41) is 3.50. The van der Waals surface area contributed by atoms with Crippen LogP contribution in [0.1, 0.15) is 23.6 Å². The maximum atomic E-state index is 12.6. The lowest BCUT2D eigenvalue weighted by Gasteiger charge is -2.38. The molecule has 0 radical (unpaired) electrons. The molecule has 4 amide bonds. The minimum absolute atomic E-state index is 0.228. The van der Waals surface area contributed by atoms with E-state index in [4.69, 9.17) is 5.73 Å². The van der Waals surface area contributed by atoms with E-state index < -0.39 is 14.4 Å². The first kappa shape index (κ1) is 21.4. The van der Waals surface area contributed by atoms with Gasteiger partial charge in [0.25, 0.3) is 0 Å². The van der Waals surface area contributed by atoms with E-state index in [0.717, 1.165) is 33.0 Å². The summed E-state index contributed by atoms with van der Waals surface area (Å²) >= 11 is 0. The van der Waals surface area contributed by atoms with Crippen LogP contribution in [0.2, 0.25) is 0 Å². The molecule has 162 valence electrons. The van der Waals surface area contributed by atoms with Gasteiger partial charge in [-0.2, -0.15) is 0 Å². The summed E-state index contributed by atoms with van der Waals surface area (Å²) in [6, 6.07) is 24.9. The normalized spacial score (nSPS) is 16.3. The van der Waals surface area contributed by atoms with E-state index in [1.165, 1.54) is 0 Å². The molecular weight excluding hydrogens is 416 g/mol. The predicted octanol–water partition coefficient (Wildman–Crippen LogP) is 3.34. The first-order valence-electron chi connectivity index (χ1n) is 10.5. The van der Waals surface area contributed by atoms with Gasteiger partial charge in [0.15, 0.2) is 0 Å². The summed E-state index contributed by atoms with van der Waals surface area (Å²) in [6.45, 7) is 2.04. The Hall–Kier alpha value is -3.84. The molecule has 6 nitrogen and oxygen atoms in total. The lowest BCUT2D eigenvalue weighted by molar-refractivity contribution is 0.246. The third-order valence-corrected chi connectivity index (χ3v) is 10.0. The van der Waals surface area contributed by atoms with Crippen LogP contribution in [0.3, 0.4) is 0 Å². The summed E-state index contributed by atoms with van der Waals surface area (Å²) in [5.41, 5.74) is 10.9.